The summed E-state index contributed by atoms with van der Waals surface area (Å²) in [6.45, 7) is 4.10. The maximum atomic E-state index is 12.9. The van der Waals surface area contributed by atoms with Gasteiger partial charge in [-0.25, -0.2) is 4.39 Å². The van der Waals surface area contributed by atoms with Gasteiger partial charge in [-0.05, 0) is 54.5 Å². The first-order valence-electron chi connectivity index (χ1n) is 8.72. The van der Waals surface area contributed by atoms with Crippen LogP contribution in [0.1, 0.15) is 53.2 Å². The Kier molecular flexibility index (Phi) is 7.09. The molecule has 0 fully saturated rings. The Morgan fingerprint density at radius 1 is 1.08 bits per heavy atom. The van der Waals surface area contributed by atoms with Crippen LogP contribution in [-0.4, -0.2) is 18.9 Å². The van der Waals surface area contributed by atoms with Crippen molar-refractivity contribution in [3.63, 3.8) is 0 Å². The van der Waals surface area contributed by atoms with Crippen molar-refractivity contribution in [3.8, 4) is 0 Å². The van der Waals surface area contributed by atoms with Crippen LogP contribution in [0, 0.1) is 11.2 Å². The first-order chi connectivity index (χ1) is 12.3. The lowest BCUT2D eigenvalue weighted by atomic mass is 9.84. The summed E-state index contributed by atoms with van der Waals surface area (Å²) in [6.07, 6.45) is 3.10. The molecule has 2 aromatic rings. The molecular weight excluding hydrogens is 351 g/mol. The standard InChI is InChI=1S/C21H25FO3S/c1-21(2,14-20(24)25-3)13-12-17-9-11-19(26-17)18(23)10-6-15-4-7-16(22)8-5-15/h4-5,7-9,11H,6,10,12-14H2,1-3H3. The molecule has 0 aliphatic carbocycles. The lowest BCUT2D eigenvalue weighted by molar-refractivity contribution is -0.143. The van der Waals surface area contributed by atoms with Gasteiger partial charge in [0.25, 0.3) is 0 Å². The van der Waals surface area contributed by atoms with Crippen molar-refractivity contribution >= 4 is 23.1 Å². The zero-order valence-corrected chi connectivity index (χ0v) is 16.3. The smallest absolute Gasteiger partial charge is 0.306 e. The first-order valence-corrected chi connectivity index (χ1v) is 9.54. The Morgan fingerprint density at radius 3 is 2.42 bits per heavy atom. The van der Waals surface area contributed by atoms with E-state index in [4.69, 9.17) is 4.74 Å². The van der Waals surface area contributed by atoms with Crippen molar-refractivity contribution in [2.24, 2.45) is 5.41 Å². The average Bonchev–Trinajstić information content (AvgIpc) is 3.08. The summed E-state index contributed by atoms with van der Waals surface area (Å²) in [5.41, 5.74) is 0.824. The van der Waals surface area contributed by atoms with Crippen LogP contribution in [0.5, 0.6) is 0 Å². The predicted molar refractivity (Wildman–Crippen MR) is 102 cm³/mol. The fourth-order valence-corrected chi connectivity index (χ4v) is 3.68. The summed E-state index contributed by atoms with van der Waals surface area (Å²) >= 11 is 1.52. The number of thiophene rings is 1. The normalized spacial score (nSPS) is 11.4. The van der Waals surface area contributed by atoms with Crippen molar-refractivity contribution in [1.82, 2.24) is 0 Å². The van der Waals surface area contributed by atoms with Crippen LogP contribution >= 0.6 is 11.3 Å². The molecule has 0 amide bonds. The molecule has 140 valence electrons. The molecule has 0 saturated heterocycles. The van der Waals surface area contributed by atoms with E-state index >= 15 is 0 Å². The number of benzene rings is 1. The van der Waals surface area contributed by atoms with E-state index in [0.717, 1.165) is 28.2 Å². The number of aryl methyl sites for hydroxylation is 2. The van der Waals surface area contributed by atoms with E-state index in [2.05, 4.69) is 0 Å². The molecule has 0 bridgehead atoms. The third kappa shape index (κ3) is 6.37. The van der Waals surface area contributed by atoms with Gasteiger partial charge in [-0.3, -0.25) is 9.59 Å². The molecule has 3 nitrogen and oxygen atoms in total. The monoisotopic (exact) mass is 376 g/mol. The fraction of sp³-hybridized carbons (Fsp3) is 0.429. The summed E-state index contributed by atoms with van der Waals surface area (Å²) < 4.78 is 17.7. The number of rotatable bonds is 9. The van der Waals surface area contributed by atoms with Gasteiger partial charge in [0, 0.05) is 11.3 Å². The van der Waals surface area contributed by atoms with Crippen molar-refractivity contribution in [2.75, 3.05) is 7.11 Å². The first kappa shape index (κ1) is 20.3. The van der Waals surface area contributed by atoms with Crippen molar-refractivity contribution < 1.29 is 18.7 Å². The number of ketones is 1. The van der Waals surface area contributed by atoms with Crippen LogP contribution in [0.15, 0.2) is 36.4 Å². The second-order valence-corrected chi connectivity index (χ2v) is 8.40. The number of hydrogen-bond acceptors (Lipinski definition) is 4. The highest BCUT2D eigenvalue weighted by Gasteiger charge is 2.22. The van der Waals surface area contributed by atoms with Gasteiger partial charge >= 0.3 is 5.97 Å². The summed E-state index contributed by atoms with van der Waals surface area (Å²) in [5, 5.41) is 0. The highest BCUT2D eigenvalue weighted by molar-refractivity contribution is 7.14. The molecule has 1 aromatic carbocycles. The van der Waals surface area contributed by atoms with Crippen molar-refractivity contribution in [3.05, 3.63) is 57.5 Å². The molecule has 0 unspecified atom stereocenters. The van der Waals surface area contributed by atoms with Crippen LogP contribution in [-0.2, 0) is 22.4 Å². The molecule has 26 heavy (non-hydrogen) atoms. The van der Waals surface area contributed by atoms with Gasteiger partial charge in [0.05, 0.1) is 18.4 Å². The number of carbonyl (C=O) groups is 2. The third-order valence-electron chi connectivity index (χ3n) is 4.39. The molecule has 0 spiro atoms. The quantitative estimate of drug-likeness (QED) is 0.445. The fourth-order valence-electron chi connectivity index (χ4n) is 2.71. The van der Waals surface area contributed by atoms with E-state index in [9.17, 15) is 14.0 Å². The van der Waals surface area contributed by atoms with Gasteiger partial charge in [-0.15, -0.1) is 11.3 Å². The molecule has 1 heterocycles. The van der Waals surface area contributed by atoms with Crippen molar-refractivity contribution in [2.45, 2.75) is 46.0 Å². The molecular formula is C21H25FO3S. The van der Waals surface area contributed by atoms with Crippen LogP contribution in [0.2, 0.25) is 0 Å². The Bertz CT molecular complexity index is 747. The third-order valence-corrected chi connectivity index (χ3v) is 5.58. The van der Waals surface area contributed by atoms with Crippen LogP contribution in [0.3, 0.4) is 0 Å². The average molecular weight is 376 g/mol. The molecule has 5 heteroatoms. The Hall–Kier alpha value is -2.01. The molecule has 2 rings (SSSR count). The summed E-state index contributed by atoms with van der Waals surface area (Å²) in [4.78, 5) is 25.7. The van der Waals surface area contributed by atoms with E-state index in [0.29, 0.717) is 19.3 Å². The summed E-state index contributed by atoms with van der Waals surface area (Å²) in [7, 11) is 1.40. The molecule has 1 aromatic heterocycles. The number of hydrogen-bond donors (Lipinski definition) is 0. The molecule has 0 aliphatic heterocycles. The minimum Gasteiger partial charge on any atom is -0.469 e. The van der Waals surface area contributed by atoms with Crippen molar-refractivity contribution in [1.29, 1.82) is 0 Å². The van der Waals surface area contributed by atoms with Gasteiger partial charge in [0.2, 0.25) is 0 Å². The van der Waals surface area contributed by atoms with Gasteiger partial charge < -0.3 is 4.74 Å². The zero-order chi connectivity index (χ0) is 19.2. The Balaban J connectivity index is 1.85. The number of ether oxygens (including phenoxy) is 1. The van der Waals surface area contributed by atoms with Crippen LogP contribution in [0.4, 0.5) is 4.39 Å². The lowest BCUT2D eigenvalue weighted by Crippen LogP contribution is -2.18. The van der Waals surface area contributed by atoms with Gasteiger partial charge in [0.1, 0.15) is 5.82 Å². The zero-order valence-electron chi connectivity index (χ0n) is 15.5. The molecule has 0 atom stereocenters. The van der Waals surface area contributed by atoms with E-state index in [1.54, 1.807) is 12.1 Å². The predicted octanol–water partition coefficient (Wildman–Crippen LogP) is 5.22. The molecule has 0 saturated carbocycles. The topological polar surface area (TPSA) is 43.4 Å². The lowest BCUT2D eigenvalue weighted by Gasteiger charge is -2.22. The Morgan fingerprint density at radius 2 is 1.77 bits per heavy atom. The second-order valence-electron chi connectivity index (χ2n) is 7.23. The number of carbonyl (C=O) groups excluding carboxylic acids is 2. The summed E-state index contributed by atoms with van der Waals surface area (Å²) in [5.74, 6) is -0.352. The minimum atomic E-state index is -0.266. The highest BCUT2D eigenvalue weighted by Crippen LogP contribution is 2.29. The van der Waals surface area contributed by atoms with E-state index in [-0.39, 0.29) is 23.0 Å². The number of Topliss-reactive ketones (excluding diaryl/α,β-unsaturated/α-hetero) is 1. The molecule has 0 radical (unpaired) electrons. The van der Waals surface area contributed by atoms with E-state index in [1.807, 2.05) is 26.0 Å². The van der Waals surface area contributed by atoms with E-state index in [1.165, 1.54) is 30.6 Å². The van der Waals surface area contributed by atoms with Gasteiger partial charge in [-0.2, -0.15) is 0 Å². The van der Waals surface area contributed by atoms with Crippen LogP contribution in [0.25, 0.3) is 0 Å². The number of methoxy groups -OCH3 is 1. The summed E-state index contributed by atoms with van der Waals surface area (Å²) in [6, 6.07) is 10.1. The highest BCUT2D eigenvalue weighted by atomic mass is 32.1. The molecule has 0 aliphatic rings. The van der Waals surface area contributed by atoms with Crippen LogP contribution < -0.4 is 0 Å². The number of esters is 1. The molecule has 0 N–H and O–H groups in total. The SMILES string of the molecule is COC(=O)CC(C)(C)CCc1ccc(C(=O)CCc2ccc(F)cc2)s1. The van der Waals surface area contributed by atoms with E-state index < -0.39 is 0 Å². The maximum absolute atomic E-state index is 12.9. The maximum Gasteiger partial charge on any atom is 0.306 e. The Labute approximate surface area is 158 Å². The second kappa shape index (κ2) is 9.08. The minimum absolute atomic E-state index is 0.111. The van der Waals surface area contributed by atoms with Gasteiger partial charge in [0.15, 0.2) is 5.78 Å². The number of halogens is 1. The van der Waals surface area contributed by atoms with Gasteiger partial charge in [-0.1, -0.05) is 26.0 Å². The largest absolute Gasteiger partial charge is 0.469 e.